The molecule has 92 valence electrons. The Kier molecular flexibility index (Phi) is 2.50. The number of epoxide rings is 1. The summed E-state index contributed by atoms with van der Waals surface area (Å²) in [6, 6.07) is 0. The molecule has 2 rings (SSSR count). The van der Waals surface area contributed by atoms with Crippen molar-refractivity contribution in [3.63, 3.8) is 0 Å². The molecule has 16 heavy (non-hydrogen) atoms. The fraction of sp³-hybridized carbons (Fsp3) is 0.846. The summed E-state index contributed by atoms with van der Waals surface area (Å²) in [5, 5.41) is 19.2. The van der Waals surface area contributed by atoms with E-state index >= 15 is 0 Å². The average molecular weight is 226 g/mol. The Hall–Kier alpha value is -0.380. The van der Waals surface area contributed by atoms with Crippen LogP contribution in [-0.4, -0.2) is 33.6 Å². The van der Waals surface area contributed by atoms with Gasteiger partial charge in [0.15, 0.2) is 0 Å². The van der Waals surface area contributed by atoms with Crippen molar-refractivity contribution in [3.8, 4) is 0 Å². The zero-order valence-electron chi connectivity index (χ0n) is 10.5. The Morgan fingerprint density at radius 1 is 1.31 bits per heavy atom. The van der Waals surface area contributed by atoms with Gasteiger partial charge in [0.2, 0.25) is 0 Å². The molecular weight excluding hydrogens is 204 g/mol. The SMILES string of the molecule is C[C@H](O)/C=C/[C@@]12O[C@]1(C)C[C@@H](O)CC2(C)C. The molecular formula is C13H22O3. The lowest BCUT2D eigenvalue weighted by Gasteiger charge is -2.39. The van der Waals surface area contributed by atoms with Gasteiger partial charge >= 0.3 is 0 Å². The standard InChI is InChI=1S/C13H22O3/c1-9(14)5-6-13-11(2,3)7-10(15)8-12(13,4)16-13/h5-6,9-10,14-15H,7-8H2,1-4H3/b6-5+/t9-,10-,12+,13-/m0/s1. The molecule has 3 nitrogen and oxygen atoms in total. The topological polar surface area (TPSA) is 53.0 Å². The molecule has 1 heterocycles. The fourth-order valence-electron chi connectivity index (χ4n) is 3.35. The minimum absolute atomic E-state index is 0.0925. The van der Waals surface area contributed by atoms with Gasteiger partial charge in [-0.15, -0.1) is 0 Å². The predicted molar refractivity (Wildman–Crippen MR) is 62.1 cm³/mol. The summed E-state index contributed by atoms with van der Waals surface area (Å²) < 4.78 is 5.93. The van der Waals surface area contributed by atoms with Crippen LogP contribution in [0.2, 0.25) is 0 Å². The molecule has 0 aromatic rings. The smallest absolute Gasteiger partial charge is 0.121 e. The van der Waals surface area contributed by atoms with Gasteiger partial charge in [-0.1, -0.05) is 26.0 Å². The van der Waals surface area contributed by atoms with Gasteiger partial charge in [0.05, 0.1) is 12.2 Å². The van der Waals surface area contributed by atoms with Crippen molar-refractivity contribution in [2.75, 3.05) is 0 Å². The molecule has 0 spiro atoms. The molecule has 0 aromatic carbocycles. The summed E-state index contributed by atoms with van der Waals surface area (Å²) in [5.41, 5.74) is -0.666. The van der Waals surface area contributed by atoms with Gasteiger partial charge < -0.3 is 14.9 Å². The third-order valence-electron chi connectivity index (χ3n) is 4.12. The number of aliphatic hydroxyl groups excluding tert-OH is 2. The summed E-state index contributed by atoms with van der Waals surface area (Å²) in [6.45, 7) is 8.01. The average Bonchev–Trinajstić information content (AvgIpc) is 2.67. The predicted octanol–water partition coefficient (Wildman–Crippen LogP) is 1.63. The Bertz CT molecular complexity index is 321. The second-order valence-electron chi connectivity index (χ2n) is 6.11. The van der Waals surface area contributed by atoms with Gasteiger partial charge in [-0.2, -0.15) is 0 Å². The first-order chi connectivity index (χ1) is 7.22. The normalized spacial score (nSPS) is 47.8. The van der Waals surface area contributed by atoms with Gasteiger partial charge in [0.25, 0.3) is 0 Å². The number of ether oxygens (including phenoxy) is 1. The monoisotopic (exact) mass is 226 g/mol. The van der Waals surface area contributed by atoms with Gasteiger partial charge in [-0.05, 0) is 20.3 Å². The van der Waals surface area contributed by atoms with Gasteiger partial charge in [0, 0.05) is 11.8 Å². The molecule has 0 bridgehead atoms. The highest BCUT2D eigenvalue weighted by atomic mass is 16.6. The Morgan fingerprint density at radius 3 is 2.44 bits per heavy atom. The number of aliphatic hydroxyl groups is 2. The van der Waals surface area contributed by atoms with E-state index in [9.17, 15) is 10.2 Å². The van der Waals surface area contributed by atoms with E-state index in [0.29, 0.717) is 6.42 Å². The van der Waals surface area contributed by atoms with E-state index < -0.39 is 6.10 Å². The maximum absolute atomic E-state index is 9.85. The number of rotatable bonds is 2. The lowest BCUT2D eigenvalue weighted by Crippen LogP contribution is -2.46. The molecule has 2 aliphatic rings. The van der Waals surface area contributed by atoms with E-state index in [2.05, 4.69) is 13.8 Å². The summed E-state index contributed by atoms with van der Waals surface area (Å²) >= 11 is 0. The highest BCUT2D eigenvalue weighted by molar-refractivity contribution is 5.32. The Labute approximate surface area is 97.1 Å². The van der Waals surface area contributed by atoms with E-state index in [1.807, 2.05) is 13.0 Å². The second kappa shape index (κ2) is 3.31. The molecule has 1 saturated carbocycles. The molecule has 4 atom stereocenters. The van der Waals surface area contributed by atoms with Crippen molar-refractivity contribution in [2.24, 2.45) is 5.41 Å². The lowest BCUT2D eigenvalue weighted by atomic mass is 9.63. The van der Waals surface area contributed by atoms with Crippen molar-refractivity contribution < 1.29 is 14.9 Å². The number of fused-ring (bicyclic) bond motifs is 1. The highest BCUT2D eigenvalue weighted by Crippen LogP contribution is 2.65. The first kappa shape index (κ1) is 12.1. The molecule has 2 fully saturated rings. The molecule has 3 heteroatoms. The zero-order valence-corrected chi connectivity index (χ0v) is 10.5. The van der Waals surface area contributed by atoms with Gasteiger partial charge in [0.1, 0.15) is 11.2 Å². The van der Waals surface area contributed by atoms with E-state index in [0.717, 1.165) is 6.42 Å². The van der Waals surface area contributed by atoms with Crippen LogP contribution < -0.4 is 0 Å². The molecule has 2 N–H and O–H groups in total. The van der Waals surface area contributed by atoms with Crippen LogP contribution in [0.4, 0.5) is 0 Å². The molecule has 1 aliphatic heterocycles. The maximum Gasteiger partial charge on any atom is 0.121 e. The number of hydrogen-bond acceptors (Lipinski definition) is 3. The summed E-state index contributed by atoms with van der Waals surface area (Å²) in [5.74, 6) is 0. The van der Waals surface area contributed by atoms with Gasteiger partial charge in [-0.3, -0.25) is 0 Å². The summed E-state index contributed by atoms with van der Waals surface area (Å²) in [4.78, 5) is 0. The maximum atomic E-state index is 9.85. The second-order valence-corrected chi connectivity index (χ2v) is 6.11. The highest BCUT2D eigenvalue weighted by Gasteiger charge is 2.74. The molecule has 1 aliphatic carbocycles. The van der Waals surface area contributed by atoms with Crippen molar-refractivity contribution >= 4 is 0 Å². The molecule has 0 radical (unpaired) electrons. The first-order valence-electron chi connectivity index (χ1n) is 5.98. The summed E-state index contributed by atoms with van der Waals surface area (Å²) in [7, 11) is 0. The van der Waals surface area contributed by atoms with E-state index in [4.69, 9.17) is 4.74 Å². The number of hydrogen-bond donors (Lipinski definition) is 2. The van der Waals surface area contributed by atoms with E-state index in [1.54, 1.807) is 13.0 Å². The third-order valence-corrected chi connectivity index (χ3v) is 4.12. The van der Waals surface area contributed by atoms with E-state index in [-0.39, 0.29) is 22.7 Å². The van der Waals surface area contributed by atoms with Crippen LogP contribution >= 0.6 is 0 Å². The van der Waals surface area contributed by atoms with Crippen LogP contribution in [0, 0.1) is 5.41 Å². The molecule has 0 unspecified atom stereocenters. The largest absolute Gasteiger partial charge is 0.393 e. The minimum Gasteiger partial charge on any atom is -0.393 e. The van der Waals surface area contributed by atoms with Crippen LogP contribution in [0.5, 0.6) is 0 Å². The van der Waals surface area contributed by atoms with Crippen LogP contribution in [-0.2, 0) is 4.74 Å². The third kappa shape index (κ3) is 1.53. The van der Waals surface area contributed by atoms with Crippen molar-refractivity contribution in [1.82, 2.24) is 0 Å². The van der Waals surface area contributed by atoms with E-state index in [1.165, 1.54) is 0 Å². The summed E-state index contributed by atoms with van der Waals surface area (Å²) in [6.07, 6.45) is 4.46. The lowest BCUT2D eigenvalue weighted by molar-refractivity contribution is 0.0512. The quantitative estimate of drug-likeness (QED) is 0.556. The van der Waals surface area contributed by atoms with Crippen LogP contribution in [0.1, 0.15) is 40.5 Å². The van der Waals surface area contributed by atoms with Crippen molar-refractivity contribution in [3.05, 3.63) is 12.2 Å². The zero-order chi connectivity index (χ0) is 12.2. The first-order valence-corrected chi connectivity index (χ1v) is 5.98. The molecule has 0 aromatic heterocycles. The Morgan fingerprint density at radius 2 is 1.94 bits per heavy atom. The van der Waals surface area contributed by atoms with Gasteiger partial charge in [-0.25, -0.2) is 0 Å². The fourth-order valence-corrected chi connectivity index (χ4v) is 3.35. The van der Waals surface area contributed by atoms with Crippen molar-refractivity contribution in [2.45, 2.75) is 63.9 Å². The van der Waals surface area contributed by atoms with Crippen LogP contribution in [0.15, 0.2) is 12.2 Å². The molecule has 0 amide bonds. The Balaban J connectivity index is 2.28. The van der Waals surface area contributed by atoms with Crippen LogP contribution in [0.3, 0.4) is 0 Å². The molecule has 1 saturated heterocycles. The van der Waals surface area contributed by atoms with Crippen molar-refractivity contribution in [1.29, 1.82) is 0 Å². The van der Waals surface area contributed by atoms with Crippen LogP contribution in [0.25, 0.3) is 0 Å². The minimum atomic E-state index is -0.453.